The van der Waals surface area contributed by atoms with E-state index < -0.39 is 0 Å². The normalized spacial score (nSPS) is 14.7. The van der Waals surface area contributed by atoms with E-state index in [-0.39, 0.29) is 5.75 Å². The molecule has 0 amide bonds. The number of hydrogen-bond donors (Lipinski definition) is 2. The number of benzene rings is 2. The lowest BCUT2D eigenvalue weighted by molar-refractivity contribution is 0.439. The van der Waals surface area contributed by atoms with Crippen LogP contribution in [0.2, 0.25) is 0 Å². The van der Waals surface area contributed by atoms with Crippen LogP contribution in [0.4, 0.5) is 0 Å². The zero-order valence-corrected chi connectivity index (χ0v) is 13.7. The van der Waals surface area contributed by atoms with Gasteiger partial charge in [-0.2, -0.15) is 0 Å². The van der Waals surface area contributed by atoms with Crippen LogP contribution in [0.1, 0.15) is 29.5 Å². The first kappa shape index (κ1) is 15.6. The maximum Gasteiger partial charge on any atom is 0.116 e. The van der Waals surface area contributed by atoms with E-state index in [0.717, 1.165) is 31.4 Å². The van der Waals surface area contributed by atoms with Gasteiger partial charge in [-0.15, -0.1) is 0 Å². The van der Waals surface area contributed by atoms with Gasteiger partial charge >= 0.3 is 0 Å². The highest BCUT2D eigenvalue weighted by Gasteiger charge is 2.19. The second-order valence-electron chi connectivity index (χ2n) is 6.46. The van der Waals surface area contributed by atoms with Crippen LogP contribution in [0, 0.1) is 0 Å². The Hall–Kier alpha value is -2.26. The summed E-state index contributed by atoms with van der Waals surface area (Å²) in [4.78, 5) is 2.18. The van der Waals surface area contributed by atoms with Crippen LogP contribution in [0.25, 0.3) is 5.57 Å². The number of aryl methyl sites for hydroxylation is 1. The molecule has 0 heterocycles. The molecule has 3 nitrogen and oxygen atoms in total. The minimum absolute atomic E-state index is 0.281. The van der Waals surface area contributed by atoms with Gasteiger partial charge in [0.1, 0.15) is 11.5 Å². The van der Waals surface area contributed by atoms with Crippen LogP contribution in [0.5, 0.6) is 11.5 Å². The Balaban J connectivity index is 2.23. The van der Waals surface area contributed by atoms with Crippen LogP contribution in [0.3, 0.4) is 0 Å². The SMILES string of the molecule is CN(C)CC1=C(c2cccc(O)c2)c2ccc(O)cc2CCC1. The monoisotopic (exact) mass is 309 g/mol. The third-order valence-electron chi connectivity index (χ3n) is 4.28. The third kappa shape index (κ3) is 3.40. The van der Waals surface area contributed by atoms with Crippen molar-refractivity contribution < 1.29 is 10.2 Å². The lowest BCUT2D eigenvalue weighted by Gasteiger charge is -2.19. The molecule has 1 aliphatic rings. The van der Waals surface area contributed by atoms with Crippen molar-refractivity contribution in [1.82, 2.24) is 4.90 Å². The predicted molar refractivity (Wildman–Crippen MR) is 93.7 cm³/mol. The van der Waals surface area contributed by atoms with E-state index in [0.29, 0.717) is 5.75 Å². The van der Waals surface area contributed by atoms with Gasteiger partial charge in [0.15, 0.2) is 0 Å². The summed E-state index contributed by atoms with van der Waals surface area (Å²) in [5.74, 6) is 0.596. The quantitative estimate of drug-likeness (QED) is 0.906. The topological polar surface area (TPSA) is 43.7 Å². The van der Waals surface area contributed by atoms with E-state index in [2.05, 4.69) is 19.0 Å². The van der Waals surface area contributed by atoms with Crippen LogP contribution < -0.4 is 0 Å². The second-order valence-corrected chi connectivity index (χ2v) is 6.46. The molecule has 0 unspecified atom stereocenters. The van der Waals surface area contributed by atoms with Crippen molar-refractivity contribution >= 4 is 5.57 Å². The highest BCUT2D eigenvalue weighted by atomic mass is 16.3. The fourth-order valence-electron chi connectivity index (χ4n) is 3.40. The maximum absolute atomic E-state index is 9.90. The molecule has 0 atom stereocenters. The van der Waals surface area contributed by atoms with Gasteiger partial charge in [0.25, 0.3) is 0 Å². The van der Waals surface area contributed by atoms with Crippen LogP contribution in [-0.4, -0.2) is 35.8 Å². The summed E-state index contributed by atoms with van der Waals surface area (Å²) in [6, 6.07) is 13.1. The number of aromatic hydroxyl groups is 2. The first-order chi connectivity index (χ1) is 11.0. The van der Waals surface area contributed by atoms with Crippen LogP contribution >= 0.6 is 0 Å². The van der Waals surface area contributed by atoms with Gasteiger partial charge in [-0.25, -0.2) is 0 Å². The van der Waals surface area contributed by atoms with Gasteiger partial charge in [0.2, 0.25) is 0 Å². The van der Waals surface area contributed by atoms with E-state index in [4.69, 9.17) is 0 Å². The summed E-state index contributed by atoms with van der Waals surface area (Å²) in [5, 5.41) is 19.7. The van der Waals surface area contributed by atoms with Gasteiger partial charge in [-0.1, -0.05) is 18.2 Å². The predicted octanol–water partition coefficient (Wildman–Crippen LogP) is 3.80. The van der Waals surface area contributed by atoms with Gasteiger partial charge < -0.3 is 15.1 Å². The largest absolute Gasteiger partial charge is 0.508 e. The van der Waals surface area contributed by atoms with E-state index in [1.54, 1.807) is 12.1 Å². The average molecular weight is 309 g/mol. The summed E-state index contributed by atoms with van der Waals surface area (Å²) >= 11 is 0. The van der Waals surface area contributed by atoms with E-state index >= 15 is 0 Å². The number of phenolic OH excluding ortho intramolecular Hbond substituents is 2. The molecule has 0 radical (unpaired) electrons. The molecule has 0 aromatic heterocycles. The van der Waals surface area contributed by atoms with Crippen molar-refractivity contribution in [1.29, 1.82) is 0 Å². The summed E-state index contributed by atoms with van der Waals surface area (Å²) in [6.07, 6.45) is 3.06. The zero-order chi connectivity index (χ0) is 16.4. The van der Waals surface area contributed by atoms with Crippen molar-refractivity contribution in [2.75, 3.05) is 20.6 Å². The molecule has 0 saturated heterocycles. The number of rotatable bonds is 3. The Labute approximate surface area is 137 Å². The highest BCUT2D eigenvalue weighted by Crippen LogP contribution is 2.37. The Morgan fingerprint density at radius 3 is 2.48 bits per heavy atom. The molecule has 23 heavy (non-hydrogen) atoms. The molecule has 0 aliphatic heterocycles. The minimum atomic E-state index is 0.281. The second kappa shape index (κ2) is 6.47. The van der Waals surface area contributed by atoms with Gasteiger partial charge in [-0.3, -0.25) is 0 Å². The Morgan fingerprint density at radius 1 is 0.957 bits per heavy atom. The van der Waals surface area contributed by atoms with Crippen molar-refractivity contribution in [2.45, 2.75) is 19.3 Å². The fourth-order valence-corrected chi connectivity index (χ4v) is 3.40. The molecule has 3 heteroatoms. The molecule has 2 N–H and O–H groups in total. The van der Waals surface area contributed by atoms with E-state index in [1.165, 1.54) is 22.3 Å². The van der Waals surface area contributed by atoms with E-state index in [1.807, 2.05) is 30.3 Å². The maximum atomic E-state index is 9.90. The van der Waals surface area contributed by atoms with Crippen molar-refractivity contribution in [2.24, 2.45) is 0 Å². The van der Waals surface area contributed by atoms with Crippen LogP contribution in [-0.2, 0) is 6.42 Å². The summed E-state index contributed by atoms with van der Waals surface area (Å²) in [7, 11) is 4.16. The molecular formula is C20H23NO2. The first-order valence-corrected chi connectivity index (χ1v) is 8.03. The molecule has 120 valence electrons. The minimum Gasteiger partial charge on any atom is -0.508 e. The first-order valence-electron chi connectivity index (χ1n) is 8.03. The Morgan fingerprint density at radius 2 is 1.74 bits per heavy atom. The summed E-state index contributed by atoms with van der Waals surface area (Å²) in [5.41, 5.74) is 5.96. The van der Waals surface area contributed by atoms with E-state index in [9.17, 15) is 10.2 Å². The smallest absolute Gasteiger partial charge is 0.116 e. The molecule has 2 aromatic carbocycles. The lowest BCUT2D eigenvalue weighted by Crippen LogP contribution is -2.16. The Bertz CT molecular complexity index is 747. The zero-order valence-electron chi connectivity index (χ0n) is 13.7. The molecular weight excluding hydrogens is 286 g/mol. The van der Waals surface area contributed by atoms with Gasteiger partial charge in [0.05, 0.1) is 0 Å². The molecule has 2 aromatic rings. The average Bonchev–Trinajstić information content (AvgIpc) is 2.65. The summed E-state index contributed by atoms with van der Waals surface area (Å²) in [6.45, 7) is 0.894. The molecule has 0 spiro atoms. The highest BCUT2D eigenvalue weighted by molar-refractivity contribution is 5.85. The standard InChI is InChI=1S/C20H23NO2/c1-21(2)13-16-7-3-5-14-11-18(23)9-10-19(14)20(16)15-6-4-8-17(22)12-15/h4,6,8-12,22-23H,3,5,7,13H2,1-2H3. The van der Waals surface area contributed by atoms with Gasteiger partial charge in [-0.05, 0) is 85.5 Å². The number of nitrogens with zero attached hydrogens (tertiary/aromatic N) is 1. The third-order valence-corrected chi connectivity index (χ3v) is 4.28. The molecule has 3 rings (SSSR count). The molecule has 1 aliphatic carbocycles. The number of likely N-dealkylation sites (N-methyl/N-ethyl adjacent to an activating group) is 1. The lowest BCUT2D eigenvalue weighted by atomic mass is 9.90. The van der Waals surface area contributed by atoms with Gasteiger partial charge in [0, 0.05) is 6.54 Å². The van der Waals surface area contributed by atoms with Crippen molar-refractivity contribution in [3.8, 4) is 11.5 Å². The number of phenols is 2. The number of hydrogen-bond acceptors (Lipinski definition) is 3. The molecule has 0 saturated carbocycles. The Kier molecular flexibility index (Phi) is 4.39. The van der Waals surface area contributed by atoms with Crippen LogP contribution in [0.15, 0.2) is 48.0 Å². The molecule has 0 fully saturated rings. The molecule has 0 bridgehead atoms. The summed E-state index contributed by atoms with van der Waals surface area (Å²) < 4.78 is 0. The fraction of sp³-hybridized carbons (Fsp3) is 0.300. The van der Waals surface area contributed by atoms with Crippen molar-refractivity contribution in [3.63, 3.8) is 0 Å². The number of fused-ring (bicyclic) bond motifs is 1. The van der Waals surface area contributed by atoms with Crippen molar-refractivity contribution in [3.05, 3.63) is 64.7 Å².